The molecule has 14 rings (SSSR count). The highest BCUT2D eigenvalue weighted by atomic mass is 16.3. The number of fused-ring (bicyclic) bond motifs is 12. The fourth-order valence-electron chi connectivity index (χ4n) is 10.2. The lowest BCUT2D eigenvalue weighted by Crippen LogP contribution is -2.04. The van der Waals surface area contributed by atoms with Gasteiger partial charge in [0.2, 0.25) is 5.95 Å². The third-order valence-electron chi connectivity index (χ3n) is 12.6. The van der Waals surface area contributed by atoms with Crippen LogP contribution >= 0.6 is 0 Å². The monoisotopic (exact) mass is 750 g/mol. The van der Waals surface area contributed by atoms with Gasteiger partial charge < -0.3 is 8.82 Å². The van der Waals surface area contributed by atoms with Crippen LogP contribution in [-0.4, -0.2) is 18.9 Å². The molecule has 0 aliphatic rings. The highest BCUT2D eigenvalue weighted by molar-refractivity contribution is 6.36. The minimum Gasteiger partial charge on any atom is -0.456 e. The topological polar surface area (TPSA) is 48.3 Å². The quantitative estimate of drug-likeness (QED) is 0.169. The third-order valence-corrected chi connectivity index (χ3v) is 12.6. The van der Waals surface area contributed by atoms with Gasteiger partial charge in [0.15, 0.2) is 0 Å². The van der Waals surface area contributed by atoms with E-state index < -0.39 is 0 Å². The van der Waals surface area contributed by atoms with Gasteiger partial charge in [0.05, 0.1) is 44.2 Å². The Bertz CT molecular complexity index is 4080. The van der Waals surface area contributed by atoms with Crippen molar-refractivity contribution in [2.24, 2.45) is 0 Å². The molecular weight excluding hydrogens is 721 g/mol. The van der Waals surface area contributed by atoms with Gasteiger partial charge in [-0.25, -0.2) is 9.97 Å². The Morgan fingerprint density at radius 2 is 1.07 bits per heavy atom. The number of nitrogens with zero attached hydrogens (tertiary/aromatic N) is 4. The number of hydrogen-bond acceptors (Lipinski definition) is 3. The predicted octanol–water partition coefficient (Wildman–Crippen LogP) is 14.3. The SMILES string of the molecule is c1ccc(-c2ccccc2-c2nc(-n3c4cccc5c6cccc7c8ccccc8n(c67)c6c7c(cc3c6c54)oc3ccccc37)nc3c2ccc2ccccc23)cc1. The number of furan rings is 1. The molecule has 14 aromatic rings. The van der Waals surface area contributed by atoms with Gasteiger partial charge in [-0.1, -0.05) is 152 Å². The van der Waals surface area contributed by atoms with Crippen molar-refractivity contribution in [1.29, 1.82) is 0 Å². The van der Waals surface area contributed by atoms with Gasteiger partial charge in [0, 0.05) is 54.7 Å². The second kappa shape index (κ2) is 11.3. The average molecular weight is 751 g/mol. The van der Waals surface area contributed by atoms with Crippen LogP contribution < -0.4 is 0 Å². The molecule has 59 heavy (non-hydrogen) atoms. The molecule has 272 valence electrons. The molecule has 0 N–H and O–H groups in total. The van der Waals surface area contributed by atoms with Crippen LogP contribution in [0.25, 0.3) is 132 Å². The van der Waals surface area contributed by atoms with Crippen LogP contribution in [0.3, 0.4) is 0 Å². The van der Waals surface area contributed by atoms with Crippen LogP contribution in [0.2, 0.25) is 0 Å². The van der Waals surface area contributed by atoms with E-state index in [0.29, 0.717) is 5.95 Å². The number of benzene rings is 9. The summed E-state index contributed by atoms with van der Waals surface area (Å²) in [5.41, 5.74) is 12.3. The van der Waals surface area contributed by atoms with E-state index >= 15 is 0 Å². The molecule has 0 atom stereocenters. The Morgan fingerprint density at radius 3 is 1.97 bits per heavy atom. The molecule has 0 radical (unpaired) electrons. The van der Waals surface area contributed by atoms with Crippen molar-refractivity contribution in [2.45, 2.75) is 0 Å². The molecule has 0 spiro atoms. The average Bonchev–Trinajstić information content (AvgIpc) is 3.93. The summed E-state index contributed by atoms with van der Waals surface area (Å²) in [5.74, 6) is 0.613. The highest BCUT2D eigenvalue weighted by Crippen LogP contribution is 2.48. The van der Waals surface area contributed by atoms with E-state index in [1.807, 2.05) is 0 Å². The largest absolute Gasteiger partial charge is 0.456 e. The summed E-state index contributed by atoms with van der Waals surface area (Å²) in [6, 6.07) is 65.0. The first-order chi connectivity index (χ1) is 29.3. The Labute approximate surface area is 335 Å². The van der Waals surface area contributed by atoms with E-state index in [-0.39, 0.29) is 0 Å². The molecule has 5 nitrogen and oxygen atoms in total. The number of para-hydroxylation sites is 3. The van der Waals surface area contributed by atoms with Gasteiger partial charge in [-0.15, -0.1) is 0 Å². The molecule has 9 aromatic carbocycles. The van der Waals surface area contributed by atoms with E-state index in [9.17, 15) is 0 Å². The van der Waals surface area contributed by atoms with Crippen molar-refractivity contribution in [2.75, 3.05) is 0 Å². The third kappa shape index (κ3) is 4.03. The van der Waals surface area contributed by atoms with Crippen molar-refractivity contribution >= 4 is 104 Å². The summed E-state index contributed by atoms with van der Waals surface area (Å²) in [6.45, 7) is 0. The maximum absolute atomic E-state index is 6.84. The van der Waals surface area contributed by atoms with Gasteiger partial charge in [-0.3, -0.25) is 4.57 Å². The lowest BCUT2D eigenvalue weighted by atomic mass is 9.95. The molecular formula is C54H30N4O. The maximum Gasteiger partial charge on any atom is 0.235 e. The Kier molecular flexibility index (Phi) is 5.96. The zero-order valence-electron chi connectivity index (χ0n) is 31.5. The molecule has 0 aliphatic carbocycles. The second-order valence-corrected chi connectivity index (χ2v) is 15.6. The zero-order chi connectivity index (χ0) is 38.3. The molecule has 0 bridgehead atoms. The van der Waals surface area contributed by atoms with Crippen LogP contribution in [0.15, 0.2) is 186 Å². The molecule has 5 heterocycles. The molecule has 0 fully saturated rings. The van der Waals surface area contributed by atoms with E-state index in [2.05, 4.69) is 191 Å². The standard InChI is InChI=1S/C54H30N4O/c1-2-14-31(15-3-1)33-17-6-7-20-37(33)51-41-29-28-32-16-4-5-18-34(32)50(41)55-54(56-51)57-43-26-13-22-36-39-24-12-23-38-35-19-8-10-25-42(35)58(52(38)39)53-48-40-21-9-11-27-45(40)59-46(48)30-44(57)49(53)47(36)43/h1-30H. The van der Waals surface area contributed by atoms with Gasteiger partial charge >= 0.3 is 0 Å². The van der Waals surface area contributed by atoms with Crippen molar-refractivity contribution in [3.8, 4) is 28.3 Å². The van der Waals surface area contributed by atoms with Crippen LogP contribution in [0.1, 0.15) is 0 Å². The Morgan fingerprint density at radius 1 is 0.390 bits per heavy atom. The molecule has 0 saturated heterocycles. The van der Waals surface area contributed by atoms with Crippen LogP contribution in [-0.2, 0) is 0 Å². The van der Waals surface area contributed by atoms with Crippen molar-refractivity contribution in [3.05, 3.63) is 182 Å². The van der Waals surface area contributed by atoms with Gasteiger partial charge in [0.1, 0.15) is 11.2 Å². The summed E-state index contributed by atoms with van der Waals surface area (Å²) in [6.07, 6.45) is 0. The van der Waals surface area contributed by atoms with Crippen LogP contribution in [0.5, 0.6) is 0 Å². The van der Waals surface area contributed by atoms with Crippen molar-refractivity contribution in [1.82, 2.24) is 18.9 Å². The predicted molar refractivity (Wildman–Crippen MR) is 244 cm³/mol. The number of hydrogen-bond donors (Lipinski definition) is 0. The lowest BCUT2D eigenvalue weighted by molar-refractivity contribution is 0.669. The summed E-state index contributed by atoms with van der Waals surface area (Å²) < 4.78 is 11.6. The highest BCUT2D eigenvalue weighted by Gasteiger charge is 2.27. The molecule has 5 aromatic heterocycles. The minimum atomic E-state index is 0.613. The maximum atomic E-state index is 6.84. The van der Waals surface area contributed by atoms with Crippen molar-refractivity contribution in [3.63, 3.8) is 0 Å². The first-order valence-corrected chi connectivity index (χ1v) is 20.1. The number of aromatic nitrogens is 4. The summed E-state index contributed by atoms with van der Waals surface area (Å²) in [7, 11) is 0. The molecule has 0 saturated carbocycles. The van der Waals surface area contributed by atoms with Crippen LogP contribution in [0.4, 0.5) is 0 Å². The van der Waals surface area contributed by atoms with E-state index in [0.717, 1.165) is 93.5 Å². The summed E-state index contributed by atoms with van der Waals surface area (Å²) in [4.78, 5) is 11.3. The fourth-order valence-corrected chi connectivity index (χ4v) is 10.2. The molecule has 5 heteroatoms. The van der Waals surface area contributed by atoms with Gasteiger partial charge in [0.25, 0.3) is 0 Å². The molecule has 0 unspecified atom stereocenters. The van der Waals surface area contributed by atoms with E-state index in [1.54, 1.807) is 0 Å². The number of rotatable bonds is 3. The van der Waals surface area contributed by atoms with E-state index in [4.69, 9.17) is 14.4 Å². The summed E-state index contributed by atoms with van der Waals surface area (Å²) >= 11 is 0. The van der Waals surface area contributed by atoms with E-state index in [1.165, 1.54) is 32.4 Å². The summed E-state index contributed by atoms with van der Waals surface area (Å²) in [5, 5.41) is 12.6. The first-order valence-electron chi connectivity index (χ1n) is 20.1. The zero-order valence-corrected chi connectivity index (χ0v) is 31.5. The van der Waals surface area contributed by atoms with Crippen molar-refractivity contribution < 1.29 is 4.42 Å². The lowest BCUT2D eigenvalue weighted by Gasteiger charge is -2.16. The minimum absolute atomic E-state index is 0.613. The fraction of sp³-hybridized carbons (Fsp3) is 0. The second-order valence-electron chi connectivity index (χ2n) is 15.6. The normalized spacial score (nSPS) is 12.4. The van der Waals surface area contributed by atoms with Gasteiger partial charge in [-0.05, 0) is 46.2 Å². The van der Waals surface area contributed by atoms with Gasteiger partial charge in [-0.2, -0.15) is 0 Å². The Balaban J connectivity index is 1.24. The smallest absolute Gasteiger partial charge is 0.235 e. The first kappa shape index (κ1) is 31.1. The Hall–Kier alpha value is -8.02. The van der Waals surface area contributed by atoms with Crippen LogP contribution in [0, 0.1) is 0 Å². The molecule has 0 aliphatic heterocycles. The molecule has 0 amide bonds.